The lowest BCUT2D eigenvalue weighted by Gasteiger charge is -2.32. The molecule has 0 saturated carbocycles. The normalized spacial score (nSPS) is 18.3. The minimum Gasteiger partial charge on any atom is -0.356 e. The number of aryl methyl sites for hydroxylation is 1. The van der Waals surface area contributed by atoms with Crippen molar-refractivity contribution in [3.63, 3.8) is 0 Å². The Morgan fingerprint density at radius 1 is 1.27 bits per heavy atom. The Morgan fingerprint density at radius 3 is 2.91 bits per heavy atom. The fraction of sp³-hybridized carbons (Fsp3) is 0.412. The Labute approximate surface area is 130 Å². The molecule has 4 nitrogen and oxygen atoms in total. The zero-order chi connectivity index (χ0) is 15.5. The van der Waals surface area contributed by atoms with Crippen LogP contribution in [0.5, 0.6) is 0 Å². The molecular formula is C17H21FN4. The first-order valence-electron chi connectivity index (χ1n) is 7.73. The van der Waals surface area contributed by atoms with E-state index in [0.717, 1.165) is 24.7 Å². The largest absolute Gasteiger partial charge is 0.356 e. The smallest absolute Gasteiger partial charge is 0.136 e. The maximum absolute atomic E-state index is 13.3. The molecule has 1 aliphatic heterocycles. The summed E-state index contributed by atoms with van der Waals surface area (Å²) in [7, 11) is 0. The van der Waals surface area contributed by atoms with Gasteiger partial charge >= 0.3 is 0 Å². The first-order valence-corrected chi connectivity index (χ1v) is 7.73. The highest BCUT2D eigenvalue weighted by atomic mass is 19.1. The molecule has 116 valence electrons. The molecule has 1 aromatic carbocycles. The first-order chi connectivity index (χ1) is 10.6. The summed E-state index contributed by atoms with van der Waals surface area (Å²) in [5.74, 6) is 2.78. The van der Waals surface area contributed by atoms with Gasteiger partial charge in [0.25, 0.3) is 0 Å². The topological polar surface area (TPSA) is 41.1 Å². The van der Waals surface area contributed by atoms with Crippen molar-refractivity contribution < 1.29 is 4.39 Å². The van der Waals surface area contributed by atoms with Gasteiger partial charge in [0.2, 0.25) is 0 Å². The maximum Gasteiger partial charge on any atom is 0.136 e. The molecule has 1 N–H and O–H groups in total. The van der Waals surface area contributed by atoms with Gasteiger partial charge in [-0.2, -0.15) is 0 Å². The third kappa shape index (κ3) is 3.53. The molecule has 1 saturated heterocycles. The number of benzene rings is 1. The Kier molecular flexibility index (Phi) is 4.22. The number of rotatable bonds is 3. The van der Waals surface area contributed by atoms with Crippen molar-refractivity contribution in [2.24, 2.45) is 5.92 Å². The molecule has 1 aliphatic rings. The Morgan fingerprint density at radius 2 is 2.14 bits per heavy atom. The Bertz CT molecular complexity index is 659. The molecule has 1 atom stereocenters. The quantitative estimate of drug-likeness (QED) is 0.933. The van der Waals surface area contributed by atoms with Gasteiger partial charge < -0.3 is 10.2 Å². The minimum atomic E-state index is -0.263. The monoisotopic (exact) mass is 300 g/mol. The van der Waals surface area contributed by atoms with Crippen molar-refractivity contribution in [1.29, 1.82) is 0 Å². The van der Waals surface area contributed by atoms with Crippen molar-refractivity contribution in [3.05, 3.63) is 42.0 Å². The second-order valence-corrected chi connectivity index (χ2v) is 5.99. The predicted molar refractivity (Wildman–Crippen MR) is 87.1 cm³/mol. The summed E-state index contributed by atoms with van der Waals surface area (Å²) in [6.45, 7) is 6.20. The van der Waals surface area contributed by atoms with Crippen LogP contribution in [0.1, 0.15) is 25.6 Å². The molecule has 2 aromatic rings. The van der Waals surface area contributed by atoms with Gasteiger partial charge in [0, 0.05) is 24.8 Å². The average Bonchev–Trinajstić information content (AvgIpc) is 2.46. The van der Waals surface area contributed by atoms with Crippen LogP contribution in [-0.4, -0.2) is 23.1 Å². The molecule has 0 spiro atoms. The molecule has 1 fully saturated rings. The lowest BCUT2D eigenvalue weighted by Crippen LogP contribution is -2.35. The van der Waals surface area contributed by atoms with Crippen LogP contribution in [0.15, 0.2) is 30.3 Å². The molecule has 3 rings (SSSR count). The number of anilines is 3. The lowest BCUT2D eigenvalue weighted by molar-refractivity contribution is 0.444. The fourth-order valence-electron chi connectivity index (χ4n) is 2.89. The molecule has 22 heavy (non-hydrogen) atoms. The van der Waals surface area contributed by atoms with Gasteiger partial charge in [-0.05, 0) is 43.9 Å². The second kappa shape index (κ2) is 6.30. The number of piperidine rings is 1. The van der Waals surface area contributed by atoms with Gasteiger partial charge in [0.05, 0.1) is 0 Å². The third-order valence-electron chi connectivity index (χ3n) is 3.90. The van der Waals surface area contributed by atoms with Crippen molar-refractivity contribution >= 4 is 17.3 Å². The molecule has 0 aliphatic carbocycles. The van der Waals surface area contributed by atoms with Gasteiger partial charge in [0.1, 0.15) is 23.3 Å². The summed E-state index contributed by atoms with van der Waals surface area (Å²) in [6, 6.07) is 8.33. The zero-order valence-corrected chi connectivity index (χ0v) is 13.0. The van der Waals surface area contributed by atoms with Gasteiger partial charge in [0.15, 0.2) is 0 Å². The molecule has 2 heterocycles. The van der Waals surface area contributed by atoms with Crippen LogP contribution in [0.4, 0.5) is 21.7 Å². The highest BCUT2D eigenvalue weighted by Crippen LogP contribution is 2.24. The van der Waals surface area contributed by atoms with Crippen LogP contribution in [0.2, 0.25) is 0 Å². The van der Waals surface area contributed by atoms with E-state index in [2.05, 4.69) is 27.1 Å². The van der Waals surface area contributed by atoms with Gasteiger partial charge in [-0.15, -0.1) is 0 Å². The molecule has 5 heteroatoms. The van der Waals surface area contributed by atoms with Crippen molar-refractivity contribution in [2.75, 3.05) is 23.3 Å². The number of aromatic nitrogens is 2. The van der Waals surface area contributed by atoms with Crippen molar-refractivity contribution in [3.8, 4) is 0 Å². The van der Waals surface area contributed by atoms with Gasteiger partial charge in [-0.1, -0.05) is 13.0 Å². The van der Waals surface area contributed by atoms with E-state index < -0.39 is 0 Å². The summed E-state index contributed by atoms with van der Waals surface area (Å²) in [5.41, 5.74) is 0.691. The van der Waals surface area contributed by atoms with E-state index in [1.165, 1.54) is 25.0 Å². The molecule has 1 unspecified atom stereocenters. The van der Waals surface area contributed by atoms with E-state index in [0.29, 0.717) is 17.4 Å². The van der Waals surface area contributed by atoms with E-state index in [9.17, 15) is 4.39 Å². The van der Waals surface area contributed by atoms with Crippen molar-refractivity contribution in [2.45, 2.75) is 26.7 Å². The highest BCUT2D eigenvalue weighted by molar-refractivity contribution is 5.59. The Balaban J connectivity index is 1.83. The third-order valence-corrected chi connectivity index (χ3v) is 3.90. The second-order valence-electron chi connectivity index (χ2n) is 5.99. The SMILES string of the molecule is Cc1nc(Nc2cccc(F)c2)cc(N2CCCC(C)C2)n1. The highest BCUT2D eigenvalue weighted by Gasteiger charge is 2.18. The predicted octanol–water partition coefficient (Wildman–Crippen LogP) is 3.90. The van der Waals surface area contributed by atoms with Crippen LogP contribution in [-0.2, 0) is 0 Å². The molecule has 0 radical (unpaired) electrons. The van der Waals surface area contributed by atoms with Crippen LogP contribution in [0.3, 0.4) is 0 Å². The van der Waals surface area contributed by atoms with E-state index in [4.69, 9.17) is 0 Å². The molecular weight excluding hydrogens is 279 g/mol. The standard InChI is InChI=1S/C17H21FN4/c1-12-5-4-8-22(11-12)17-10-16(19-13(2)20-17)21-15-7-3-6-14(18)9-15/h3,6-7,9-10,12H,4-5,8,11H2,1-2H3,(H,19,20,21). The van der Waals surface area contributed by atoms with E-state index in [1.807, 2.05) is 19.1 Å². The summed E-state index contributed by atoms with van der Waals surface area (Å²) in [6.07, 6.45) is 2.46. The van der Waals surface area contributed by atoms with E-state index >= 15 is 0 Å². The zero-order valence-electron chi connectivity index (χ0n) is 13.0. The Hall–Kier alpha value is -2.17. The molecule has 0 bridgehead atoms. The van der Waals surface area contributed by atoms with Crippen LogP contribution in [0, 0.1) is 18.7 Å². The van der Waals surface area contributed by atoms with E-state index in [-0.39, 0.29) is 5.82 Å². The summed E-state index contributed by atoms with van der Waals surface area (Å²) in [5, 5.41) is 3.16. The maximum atomic E-state index is 13.3. The van der Waals surface area contributed by atoms with Crippen LogP contribution in [0.25, 0.3) is 0 Å². The first kappa shape index (κ1) is 14.8. The van der Waals surface area contributed by atoms with Crippen LogP contribution < -0.4 is 10.2 Å². The fourth-order valence-corrected chi connectivity index (χ4v) is 2.89. The van der Waals surface area contributed by atoms with Crippen molar-refractivity contribution in [1.82, 2.24) is 9.97 Å². The summed E-state index contributed by atoms with van der Waals surface area (Å²) in [4.78, 5) is 11.3. The number of nitrogens with one attached hydrogen (secondary N) is 1. The number of nitrogens with zero attached hydrogens (tertiary/aromatic N) is 3. The number of halogens is 1. The minimum absolute atomic E-state index is 0.263. The lowest BCUT2D eigenvalue weighted by atomic mass is 10.0. The summed E-state index contributed by atoms with van der Waals surface area (Å²) >= 11 is 0. The average molecular weight is 300 g/mol. The van der Waals surface area contributed by atoms with Gasteiger partial charge in [-0.25, -0.2) is 14.4 Å². The molecule has 1 aromatic heterocycles. The van der Waals surface area contributed by atoms with Crippen LogP contribution >= 0.6 is 0 Å². The molecule has 0 amide bonds. The number of hydrogen-bond donors (Lipinski definition) is 1. The van der Waals surface area contributed by atoms with Gasteiger partial charge in [-0.3, -0.25) is 0 Å². The van der Waals surface area contributed by atoms with E-state index in [1.54, 1.807) is 6.07 Å². The summed E-state index contributed by atoms with van der Waals surface area (Å²) < 4.78 is 13.3. The number of hydrogen-bond acceptors (Lipinski definition) is 4.